The Morgan fingerprint density at radius 2 is 2.09 bits per heavy atom. The van der Waals surface area contributed by atoms with Crippen LogP contribution in [0, 0.1) is 6.92 Å². The van der Waals surface area contributed by atoms with E-state index in [1.54, 1.807) is 11.3 Å². The van der Waals surface area contributed by atoms with Crippen LogP contribution in [0.2, 0.25) is 5.02 Å². The van der Waals surface area contributed by atoms with Crippen LogP contribution in [0.1, 0.15) is 17.7 Å². The number of amides is 1. The smallest absolute Gasteiger partial charge is 0.236 e. The first kappa shape index (κ1) is 23.5. The summed E-state index contributed by atoms with van der Waals surface area (Å²) in [7, 11) is 0. The molecule has 0 spiro atoms. The third-order valence-electron chi connectivity index (χ3n) is 5.34. The number of aryl methyl sites for hydroxylation is 1. The molecule has 1 amide bonds. The Balaban J connectivity index is 1.26. The molecule has 1 aliphatic rings. The monoisotopic (exact) mass is 531 g/mol. The zero-order valence-corrected chi connectivity index (χ0v) is 21.6. The van der Waals surface area contributed by atoms with E-state index in [4.69, 9.17) is 16.3 Å². The molecule has 0 aliphatic carbocycles. The molecule has 7 nitrogen and oxygen atoms in total. The predicted molar refractivity (Wildman–Crippen MR) is 139 cm³/mol. The zero-order valence-electron chi connectivity index (χ0n) is 18.4. The SMILES string of the molecule is Cc1cc(-c2nnc(SCC(=O)Nc3nc(-c4ccc(Cl)cc4)cs3)n2CC2CCCO2)cs1. The number of carbonyl (C=O) groups is 1. The summed E-state index contributed by atoms with van der Waals surface area (Å²) in [4.78, 5) is 18.4. The van der Waals surface area contributed by atoms with Crippen molar-refractivity contribution >= 4 is 57.1 Å². The van der Waals surface area contributed by atoms with Gasteiger partial charge in [0, 0.05) is 38.4 Å². The lowest BCUT2D eigenvalue weighted by atomic mass is 10.2. The van der Waals surface area contributed by atoms with Crippen molar-refractivity contribution in [3.63, 3.8) is 0 Å². The largest absolute Gasteiger partial charge is 0.376 e. The number of thioether (sulfide) groups is 1. The minimum atomic E-state index is -0.137. The molecule has 1 unspecified atom stereocenters. The average Bonchev–Trinajstić information content (AvgIpc) is 3.62. The van der Waals surface area contributed by atoms with Crippen molar-refractivity contribution < 1.29 is 9.53 Å². The first-order chi connectivity index (χ1) is 16.5. The van der Waals surface area contributed by atoms with Gasteiger partial charge in [0.1, 0.15) is 0 Å². The Bertz CT molecular complexity index is 1280. The maximum absolute atomic E-state index is 12.6. The molecule has 11 heteroatoms. The Hall–Kier alpha value is -2.24. The Morgan fingerprint density at radius 3 is 2.82 bits per heavy atom. The summed E-state index contributed by atoms with van der Waals surface area (Å²) < 4.78 is 7.93. The third kappa shape index (κ3) is 5.52. The van der Waals surface area contributed by atoms with E-state index in [1.807, 2.05) is 29.6 Å². The molecular formula is C23H22ClN5O2S3. The van der Waals surface area contributed by atoms with Crippen LogP contribution in [-0.4, -0.2) is 44.1 Å². The highest BCUT2D eigenvalue weighted by molar-refractivity contribution is 7.99. The standard InChI is InChI=1S/C23H22ClN5O2S3/c1-14-9-16(11-32-14)21-27-28-23(29(21)10-18-3-2-8-31-18)34-13-20(30)26-22-25-19(12-33-22)15-4-6-17(24)7-5-15/h4-7,9,11-12,18H,2-3,8,10,13H2,1H3,(H,25,26,30). The van der Waals surface area contributed by atoms with Crippen LogP contribution in [0.3, 0.4) is 0 Å². The topological polar surface area (TPSA) is 81.9 Å². The van der Waals surface area contributed by atoms with Gasteiger partial charge in [-0.05, 0) is 38.0 Å². The fraction of sp³-hybridized carbons (Fsp3) is 0.304. The van der Waals surface area contributed by atoms with Gasteiger partial charge in [-0.3, -0.25) is 9.36 Å². The molecular weight excluding hydrogens is 510 g/mol. The molecule has 3 aromatic heterocycles. The number of thiophene rings is 1. The van der Waals surface area contributed by atoms with Gasteiger partial charge in [0.2, 0.25) is 5.91 Å². The average molecular weight is 532 g/mol. The maximum atomic E-state index is 12.6. The summed E-state index contributed by atoms with van der Waals surface area (Å²) in [6, 6.07) is 9.58. The normalized spacial score (nSPS) is 15.6. The quantitative estimate of drug-likeness (QED) is 0.281. The molecule has 4 aromatic rings. The number of nitrogens with one attached hydrogen (secondary N) is 1. The Morgan fingerprint density at radius 1 is 1.24 bits per heavy atom. The van der Waals surface area contributed by atoms with E-state index in [1.165, 1.54) is 28.0 Å². The summed E-state index contributed by atoms with van der Waals surface area (Å²) in [6.45, 7) is 3.54. The molecule has 4 heterocycles. The van der Waals surface area contributed by atoms with E-state index in [-0.39, 0.29) is 17.8 Å². The van der Waals surface area contributed by atoms with Crippen molar-refractivity contribution in [3.05, 3.63) is 51.0 Å². The molecule has 1 saturated heterocycles. The molecule has 5 rings (SSSR count). The van der Waals surface area contributed by atoms with Crippen LogP contribution in [0.25, 0.3) is 22.6 Å². The predicted octanol–water partition coefficient (Wildman–Crippen LogP) is 6.00. The number of hydrogen-bond acceptors (Lipinski definition) is 8. The molecule has 34 heavy (non-hydrogen) atoms. The second-order valence-electron chi connectivity index (χ2n) is 7.88. The van der Waals surface area contributed by atoms with Gasteiger partial charge in [0.25, 0.3) is 0 Å². The van der Waals surface area contributed by atoms with Gasteiger partial charge in [-0.2, -0.15) is 0 Å². The lowest BCUT2D eigenvalue weighted by Gasteiger charge is -2.14. The number of halogens is 1. The number of benzene rings is 1. The number of carbonyl (C=O) groups excluding carboxylic acids is 1. The van der Waals surface area contributed by atoms with Gasteiger partial charge < -0.3 is 10.1 Å². The maximum Gasteiger partial charge on any atom is 0.236 e. The van der Waals surface area contributed by atoms with Gasteiger partial charge in [-0.1, -0.05) is 35.5 Å². The third-order valence-corrected chi connectivity index (χ3v) is 8.18. The van der Waals surface area contributed by atoms with E-state index < -0.39 is 0 Å². The molecule has 1 fully saturated rings. The minimum absolute atomic E-state index is 0.137. The van der Waals surface area contributed by atoms with E-state index in [0.29, 0.717) is 21.9 Å². The van der Waals surface area contributed by atoms with Gasteiger partial charge in [-0.15, -0.1) is 32.9 Å². The zero-order chi connectivity index (χ0) is 23.5. The van der Waals surface area contributed by atoms with Crippen LogP contribution in [-0.2, 0) is 16.1 Å². The number of nitrogens with zero attached hydrogens (tertiary/aromatic N) is 4. The molecule has 1 aromatic carbocycles. The molecule has 1 atom stereocenters. The van der Waals surface area contributed by atoms with Crippen molar-refractivity contribution in [1.82, 2.24) is 19.7 Å². The van der Waals surface area contributed by atoms with Crippen LogP contribution in [0.5, 0.6) is 0 Å². The van der Waals surface area contributed by atoms with Crippen LogP contribution >= 0.6 is 46.0 Å². The van der Waals surface area contributed by atoms with Gasteiger partial charge >= 0.3 is 0 Å². The highest BCUT2D eigenvalue weighted by atomic mass is 35.5. The molecule has 0 bridgehead atoms. The second kappa shape index (κ2) is 10.6. The molecule has 1 N–H and O–H groups in total. The van der Waals surface area contributed by atoms with Crippen LogP contribution in [0.4, 0.5) is 5.13 Å². The van der Waals surface area contributed by atoms with E-state index >= 15 is 0 Å². The van der Waals surface area contributed by atoms with Crippen LogP contribution < -0.4 is 5.32 Å². The van der Waals surface area contributed by atoms with Crippen molar-refractivity contribution in [2.24, 2.45) is 0 Å². The molecule has 1 aliphatic heterocycles. The summed E-state index contributed by atoms with van der Waals surface area (Å²) in [5.41, 5.74) is 2.80. The number of thiazole rings is 1. The van der Waals surface area contributed by atoms with Crippen molar-refractivity contribution in [3.8, 4) is 22.6 Å². The number of ether oxygens (including phenoxy) is 1. The second-order valence-corrected chi connectivity index (χ2v) is 11.2. The summed E-state index contributed by atoms with van der Waals surface area (Å²) >= 11 is 10.4. The Kier molecular flexibility index (Phi) is 7.31. The number of rotatable bonds is 8. The van der Waals surface area contributed by atoms with E-state index in [2.05, 4.69) is 43.4 Å². The number of anilines is 1. The number of hydrogen-bond donors (Lipinski definition) is 1. The lowest BCUT2D eigenvalue weighted by Crippen LogP contribution is -2.18. The fourth-order valence-corrected chi connectivity index (χ4v) is 5.99. The van der Waals surface area contributed by atoms with Crippen molar-refractivity contribution in [2.75, 3.05) is 17.7 Å². The lowest BCUT2D eigenvalue weighted by molar-refractivity contribution is -0.113. The van der Waals surface area contributed by atoms with E-state index in [9.17, 15) is 4.79 Å². The minimum Gasteiger partial charge on any atom is -0.376 e. The Labute approximate surface area is 214 Å². The van der Waals surface area contributed by atoms with Gasteiger partial charge in [0.05, 0.1) is 24.1 Å². The van der Waals surface area contributed by atoms with Crippen LogP contribution in [0.15, 0.2) is 46.2 Å². The molecule has 0 saturated carbocycles. The highest BCUT2D eigenvalue weighted by Crippen LogP contribution is 2.30. The highest BCUT2D eigenvalue weighted by Gasteiger charge is 2.23. The molecule has 0 radical (unpaired) electrons. The fourth-order valence-electron chi connectivity index (χ4n) is 3.70. The number of aromatic nitrogens is 4. The first-order valence-corrected chi connectivity index (χ1v) is 13.9. The summed E-state index contributed by atoms with van der Waals surface area (Å²) in [5, 5.41) is 17.7. The summed E-state index contributed by atoms with van der Waals surface area (Å²) in [5.74, 6) is 0.888. The summed E-state index contributed by atoms with van der Waals surface area (Å²) in [6.07, 6.45) is 2.23. The first-order valence-electron chi connectivity index (χ1n) is 10.8. The van der Waals surface area contributed by atoms with Gasteiger partial charge in [0.15, 0.2) is 16.1 Å². The van der Waals surface area contributed by atoms with Crippen molar-refractivity contribution in [1.29, 1.82) is 0 Å². The molecule has 176 valence electrons. The van der Waals surface area contributed by atoms with Crippen molar-refractivity contribution in [2.45, 2.75) is 37.6 Å². The van der Waals surface area contributed by atoms with Gasteiger partial charge in [-0.25, -0.2) is 4.98 Å². The van der Waals surface area contributed by atoms with E-state index in [0.717, 1.165) is 42.1 Å².